The minimum absolute atomic E-state index is 0.0110. The number of anilines is 1. The lowest BCUT2D eigenvalue weighted by molar-refractivity contribution is -0.146. The Morgan fingerprint density at radius 1 is 1.33 bits per heavy atom. The van der Waals surface area contributed by atoms with Crippen molar-refractivity contribution in [3.8, 4) is 6.07 Å². The highest BCUT2D eigenvalue weighted by Crippen LogP contribution is 2.16. The Morgan fingerprint density at radius 3 is 2.48 bits per heavy atom. The van der Waals surface area contributed by atoms with Gasteiger partial charge in [0.25, 0.3) is 0 Å². The molecule has 0 atom stereocenters. The summed E-state index contributed by atoms with van der Waals surface area (Å²) in [6.45, 7) is 3.34. The highest BCUT2D eigenvalue weighted by molar-refractivity contribution is 5.92. The predicted octanol–water partition coefficient (Wildman–Crippen LogP) is 2.23. The zero-order valence-electron chi connectivity index (χ0n) is 12.2. The number of benzene rings is 1. The SMILES string of the molecule is CC(C)(CNC(=O)N(CCC#N)c1ccccc1)C(=O)O. The van der Waals surface area contributed by atoms with Gasteiger partial charge in [-0.25, -0.2) is 4.79 Å². The van der Waals surface area contributed by atoms with E-state index in [4.69, 9.17) is 10.4 Å². The number of hydrogen-bond donors (Lipinski definition) is 2. The topological polar surface area (TPSA) is 93.4 Å². The first-order valence-corrected chi connectivity index (χ1v) is 6.59. The number of nitrogens with one attached hydrogen (secondary N) is 1. The largest absolute Gasteiger partial charge is 0.481 e. The molecule has 1 rings (SSSR count). The summed E-state index contributed by atoms with van der Waals surface area (Å²) in [6, 6.07) is 10.5. The number of nitriles is 1. The lowest BCUT2D eigenvalue weighted by atomic mass is 9.94. The molecule has 6 nitrogen and oxygen atoms in total. The Hall–Kier alpha value is -2.55. The average Bonchev–Trinajstić information content (AvgIpc) is 2.46. The van der Waals surface area contributed by atoms with Gasteiger partial charge < -0.3 is 10.4 Å². The Morgan fingerprint density at radius 2 is 1.95 bits per heavy atom. The number of nitrogens with zero attached hydrogens (tertiary/aromatic N) is 2. The number of amides is 2. The van der Waals surface area contributed by atoms with E-state index in [9.17, 15) is 9.59 Å². The van der Waals surface area contributed by atoms with Crippen LogP contribution in [-0.4, -0.2) is 30.2 Å². The normalized spacial score (nSPS) is 10.5. The molecule has 0 saturated carbocycles. The minimum Gasteiger partial charge on any atom is -0.481 e. The van der Waals surface area contributed by atoms with Crippen LogP contribution >= 0.6 is 0 Å². The van der Waals surface area contributed by atoms with E-state index >= 15 is 0 Å². The second-order valence-electron chi connectivity index (χ2n) is 5.24. The molecule has 0 aliphatic rings. The lowest BCUT2D eigenvalue weighted by Crippen LogP contribution is -2.46. The highest BCUT2D eigenvalue weighted by Gasteiger charge is 2.28. The van der Waals surface area contributed by atoms with Crippen LogP contribution < -0.4 is 10.2 Å². The van der Waals surface area contributed by atoms with Gasteiger partial charge in [-0.1, -0.05) is 18.2 Å². The van der Waals surface area contributed by atoms with Gasteiger partial charge >= 0.3 is 12.0 Å². The van der Waals surface area contributed by atoms with Crippen molar-refractivity contribution in [2.24, 2.45) is 5.41 Å². The fraction of sp³-hybridized carbons (Fsp3) is 0.400. The van der Waals surface area contributed by atoms with Crippen molar-refractivity contribution >= 4 is 17.7 Å². The number of aliphatic carboxylic acids is 1. The summed E-state index contributed by atoms with van der Waals surface area (Å²) in [5.41, 5.74) is -0.383. The predicted molar refractivity (Wildman–Crippen MR) is 78.8 cm³/mol. The maximum Gasteiger partial charge on any atom is 0.321 e. The van der Waals surface area contributed by atoms with Gasteiger partial charge in [-0.05, 0) is 26.0 Å². The van der Waals surface area contributed by atoms with Gasteiger partial charge in [-0.15, -0.1) is 0 Å². The van der Waals surface area contributed by atoms with Gasteiger partial charge in [0.2, 0.25) is 0 Å². The molecule has 0 bridgehead atoms. The molecule has 0 aliphatic heterocycles. The first kappa shape index (κ1) is 16.5. The van der Waals surface area contributed by atoms with Crippen LogP contribution in [0.1, 0.15) is 20.3 Å². The maximum atomic E-state index is 12.2. The van der Waals surface area contributed by atoms with Crippen LogP contribution in [0.3, 0.4) is 0 Å². The Balaban J connectivity index is 2.78. The van der Waals surface area contributed by atoms with Crippen molar-refractivity contribution in [1.29, 1.82) is 5.26 Å². The van der Waals surface area contributed by atoms with Crippen LogP contribution in [0.5, 0.6) is 0 Å². The monoisotopic (exact) mass is 289 g/mol. The standard InChI is InChI=1S/C15H19N3O3/c1-15(2,13(19)20)11-17-14(21)18(10-6-9-16)12-7-4-3-5-8-12/h3-5,7-8H,6,10-11H2,1-2H3,(H,17,21)(H,19,20). The number of urea groups is 1. The third-order valence-corrected chi connectivity index (χ3v) is 3.02. The first-order valence-electron chi connectivity index (χ1n) is 6.59. The summed E-state index contributed by atoms with van der Waals surface area (Å²) in [6.07, 6.45) is 0.199. The van der Waals surface area contributed by atoms with E-state index in [0.717, 1.165) is 0 Å². The van der Waals surface area contributed by atoms with Crippen LogP contribution in [0.4, 0.5) is 10.5 Å². The molecule has 1 aromatic carbocycles. The summed E-state index contributed by atoms with van der Waals surface area (Å²) in [5.74, 6) is -0.980. The molecule has 112 valence electrons. The van der Waals surface area contributed by atoms with Crippen molar-refractivity contribution in [3.63, 3.8) is 0 Å². The Kier molecular flexibility index (Phi) is 5.73. The van der Waals surface area contributed by atoms with Gasteiger partial charge in [0.15, 0.2) is 0 Å². The molecule has 0 heterocycles. The van der Waals surface area contributed by atoms with E-state index in [1.54, 1.807) is 24.3 Å². The van der Waals surface area contributed by atoms with Crippen molar-refractivity contribution < 1.29 is 14.7 Å². The zero-order chi connectivity index (χ0) is 15.9. The van der Waals surface area contributed by atoms with E-state index in [0.29, 0.717) is 5.69 Å². The molecular weight excluding hydrogens is 270 g/mol. The summed E-state index contributed by atoms with van der Waals surface area (Å²) >= 11 is 0. The Bertz CT molecular complexity index is 535. The highest BCUT2D eigenvalue weighted by atomic mass is 16.4. The number of carboxylic acids is 1. The van der Waals surface area contributed by atoms with E-state index in [1.165, 1.54) is 18.7 Å². The summed E-state index contributed by atoms with van der Waals surface area (Å²) in [7, 11) is 0. The molecule has 0 unspecified atom stereocenters. The molecule has 0 fully saturated rings. The van der Waals surface area contributed by atoms with Crippen molar-refractivity contribution in [2.45, 2.75) is 20.3 Å². The van der Waals surface area contributed by atoms with E-state index in [1.807, 2.05) is 12.1 Å². The maximum absolute atomic E-state index is 12.2. The van der Waals surface area contributed by atoms with E-state index in [2.05, 4.69) is 5.32 Å². The number of carbonyl (C=O) groups is 2. The third kappa shape index (κ3) is 4.80. The molecule has 0 aliphatic carbocycles. The van der Waals surface area contributed by atoms with E-state index < -0.39 is 17.4 Å². The second kappa shape index (κ2) is 7.29. The van der Waals surface area contributed by atoms with Crippen molar-refractivity contribution in [2.75, 3.05) is 18.0 Å². The molecule has 0 aromatic heterocycles. The van der Waals surface area contributed by atoms with Crippen molar-refractivity contribution in [1.82, 2.24) is 5.32 Å². The average molecular weight is 289 g/mol. The second-order valence-corrected chi connectivity index (χ2v) is 5.24. The summed E-state index contributed by atoms with van der Waals surface area (Å²) in [4.78, 5) is 24.7. The minimum atomic E-state index is -1.05. The molecule has 21 heavy (non-hydrogen) atoms. The summed E-state index contributed by atoms with van der Waals surface area (Å²) < 4.78 is 0. The molecule has 1 aromatic rings. The van der Waals surface area contributed by atoms with Gasteiger partial charge in [0.05, 0.1) is 17.9 Å². The number of carbonyl (C=O) groups excluding carboxylic acids is 1. The van der Waals surface area contributed by atoms with Crippen LogP contribution in [-0.2, 0) is 4.79 Å². The van der Waals surface area contributed by atoms with Crippen LogP contribution in [0.2, 0.25) is 0 Å². The molecule has 0 radical (unpaired) electrons. The summed E-state index contributed by atoms with van der Waals surface area (Å²) in [5, 5.41) is 20.3. The van der Waals surface area contributed by atoms with Gasteiger partial charge in [0.1, 0.15) is 0 Å². The van der Waals surface area contributed by atoms with Gasteiger partial charge in [-0.3, -0.25) is 9.69 Å². The zero-order valence-corrected chi connectivity index (χ0v) is 12.2. The number of para-hydroxylation sites is 1. The Labute approximate surface area is 124 Å². The quantitative estimate of drug-likeness (QED) is 0.839. The smallest absolute Gasteiger partial charge is 0.321 e. The van der Waals surface area contributed by atoms with Crippen LogP contribution in [0, 0.1) is 16.7 Å². The van der Waals surface area contributed by atoms with Gasteiger partial charge in [0, 0.05) is 18.8 Å². The van der Waals surface area contributed by atoms with Crippen molar-refractivity contribution in [3.05, 3.63) is 30.3 Å². The third-order valence-electron chi connectivity index (χ3n) is 3.02. The van der Waals surface area contributed by atoms with E-state index in [-0.39, 0.29) is 19.5 Å². The van der Waals surface area contributed by atoms with Crippen LogP contribution in [0.15, 0.2) is 30.3 Å². The molecule has 2 N–H and O–H groups in total. The number of hydrogen-bond acceptors (Lipinski definition) is 3. The molecule has 0 spiro atoms. The molecular formula is C15H19N3O3. The first-order chi connectivity index (χ1) is 9.88. The molecule has 0 saturated heterocycles. The molecule has 2 amide bonds. The molecule has 6 heteroatoms. The lowest BCUT2D eigenvalue weighted by Gasteiger charge is -2.25. The fourth-order valence-electron chi connectivity index (χ4n) is 1.59. The van der Waals surface area contributed by atoms with Crippen LogP contribution in [0.25, 0.3) is 0 Å². The number of carboxylic acid groups (broad SMARTS) is 1. The van der Waals surface area contributed by atoms with Gasteiger partial charge in [-0.2, -0.15) is 5.26 Å². The fourth-order valence-corrected chi connectivity index (χ4v) is 1.59. The number of rotatable bonds is 6.